The quantitative estimate of drug-likeness (QED) is 0.149. The SMILES string of the molecule is CC.CCC(C)C(NN)C(=O)Nc1ncnc2c1c(C#N)cn2C1OC(C[O-])C(OC(C)=O)C1OC(C)=O.[Rb+]. The van der Waals surface area contributed by atoms with E-state index < -0.39 is 55.0 Å². The third kappa shape index (κ3) is 8.11. The minimum absolute atomic E-state index is 0. The third-order valence-corrected chi connectivity index (χ3v) is 5.97. The molecule has 14 nitrogen and oxygen atoms in total. The van der Waals surface area contributed by atoms with Crippen LogP contribution in [0, 0.1) is 17.2 Å². The number of aromatic nitrogens is 3. The average Bonchev–Trinajstić information content (AvgIpc) is 3.43. The molecule has 0 aliphatic carbocycles. The predicted octanol–water partition coefficient (Wildman–Crippen LogP) is -2.73. The second-order valence-electron chi connectivity index (χ2n) is 8.38. The first-order valence-electron chi connectivity index (χ1n) is 12.3. The Morgan fingerprint density at radius 2 is 1.85 bits per heavy atom. The van der Waals surface area contributed by atoms with Crippen molar-refractivity contribution in [3.63, 3.8) is 0 Å². The molecule has 4 N–H and O–H groups in total. The van der Waals surface area contributed by atoms with Crippen LogP contribution in [0.3, 0.4) is 0 Å². The summed E-state index contributed by atoms with van der Waals surface area (Å²) in [5.41, 5.74) is 2.73. The summed E-state index contributed by atoms with van der Waals surface area (Å²) in [6.45, 7) is 9.31. The molecule has 39 heavy (non-hydrogen) atoms. The molecule has 2 aromatic heterocycles. The normalized spacial score (nSPS) is 21.4. The molecule has 1 saturated heterocycles. The number of rotatable bonds is 9. The first-order chi connectivity index (χ1) is 18.2. The fourth-order valence-electron chi connectivity index (χ4n) is 4.10. The molecule has 1 amide bonds. The summed E-state index contributed by atoms with van der Waals surface area (Å²) in [4.78, 5) is 44.7. The van der Waals surface area contributed by atoms with Gasteiger partial charge >= 0.3 is 70.1 Å². The molecular weight excluding hydrogens is 584 g/mol. The molecule has 1 aliphatic heterocycles. The number of carbonyl (C=O) groups is 3. The summed E-state index contributed by atoms with van der Waals surface area (Å²) < 4.78 is 17.8. The molecule has 0 spiro atoms. The Morgan fingerprint density at radius 1 is 1.23 bits per heavy atom. The number of nitrogens with two attached hydrogens (primary N) is 1. The van der Waals surface area contributed by atoms with Gasteiger partial charge in [0, 0.05) is 20.0 Å². The van der Waals surface area contributed by atoms with Crippen LogP contribution in [0.2, 0.25) is 0 Å². The zero-order valence-electron chi connectivity index (χ0n) is 23.3. The third-order valence-electron chi connectivity index (χ3n) is 5.97. The molecule has 1 fully saturated rings. The van der Waals surface area contributed by atoms with Crippen LogP contribution in [-0.2, 0) is 28.6 Å². The van der Waals surface area contributed by atoms with E-state index in [1.807, 2.05) is 33.8 Å². The second-order valence-corrected chi connectivity index (χ2v) is 8.38. The summed E-state index contributed by atoms with van der Waals surface area (Å²) in [7, 11) is 0. The van der Waals surface area contributed by atoms with Crippen LogP contribution in [-0.4, -0.2) is 63.3 Å². The van der Waals surface area contributed by atoms with Gasteiger partial charge in [0.05, 0.1) is 17.1 Å². The van der Waals surface area contributed by atoms with Crippen LogP contribution in [0.25, 0.3) is 11.0 Å². The summed E-state index contributed by atoms with van der Waals surface area (Å²) >= 11 is 0. The van der Waals surface area contributed by atoms with Gasteiger partial charge < -0.3 is 29.2 Å². The van der Waals surface area contributed by atoms with Gasteiger partial charge in [0.1, 0.15) is 29.9 Å². The zero-order chi connectivity index (χ0) is 28.6. The van der Waals surface area contributed by atoms with Crippen molar-refractivity contribution < 1.29 is 91.9 Å². The smallest absolute Gasteiger partial charge is 0.853 e. The molecule has 2 aromatic rings. The number of amides is 1. The maximum Gasteiger partial charge on any atom is 1.00 e. The van der Waals surface area contributed by atoms with Crippen LogP contribution in [0.5, 0.6) is 0 Å². The molecule has 0 bridgehead atoms. The van der Waals surface area contributed by atoms with E-state index in [1.165, 1.54) is 17.1 Å². The zero-order valence-corrected chi connectivity index (χ0v) is 28.2. The van der Waals surface area contributed by atoms with E-state index in [1.54, 1.807) is 0 Å². The number of nitrogens with zero attached hydrogens (tertiary/aromatic N) is 4. The largest absolute Gasteiger partial charge is 1.00 e. The van der Waals surface area contributed by atoms with Gasteiger partial charge in [-0.15, -0.1) is 6.61 Å². The van der Waals surface area contributed by atoms with E-state index in [4.69, 9.17) is 20.1 Å². The summed E-state index contributed by atoms with van der Waals surface area (Å²) in [5, 5.41) is 24.5. The molecule has 6 atom stereocenters. The van der Waals surface area contributed by atoms with Gasteiger partial charge in [-0.3, -0.25) is 20.2 Å². The van der Waals surface area contributed by atoms with Crippen molar-refractivity contribution in [2.45, 2.75) is 78.5 Å². The second kappa shape index (κ2) is 16.4. The van der Waals surface area contributed by atoms with E-state index in [0.29, 0.717) is 6.42 Å². The van der Waals surface area contributed by atoms with Gasteiger partial charge in [-0.2, -0.15) is 5.26 Å². The van der Waals surface area contributed by atoms with Gasteiger partial charge in [-0.05, 0) is 5.92 Å². The predicted molar refractivity (Wildman–Crippen MR) is 133 cm³/mol. The molecule has 3 rings (SSSR count). The minimum Gasteiger partial charge on any atom is -0.853 e. The first kappa shape index (κ1) is 35.2. The standard InChI is InChI=1S/C22H28N7O7.C2H6.Rb/c1-5-10(2)16(28-24)21(33)27-19-15-13(6-23)7-29(20(15)26-9-25-19)22-18(35-12(4)32)17(34-11(3)31)14(8-30)36-22;1-2;/h7,9-10,14,16-18,22,28H,5,8,24H2,1-4H3,(H,25,26,27,33);1-2H3;/q-1;;+1. The monoisotopic (exact) mass is 617 g/mol. The molecule has 0 aromatic carbocycles. The number of carbonyl (C=O) groups excluding carboxylic acids is 3. The molecule has 0 radical (unpaired) electrons. The van der Waals surface area contributed by atoms with Crippen molar-refractivity contribution in [1.82, 2.24) is 20.0 Å². The number of fused-ring (bicyclic) bond motifs is 1. The van der Waals surface area contributed by atoms with Crippen molar-refractivity contribution in [2.75, 3.05) is 11.9 Å². The molecule has 208 valence electrons. The fourth-order valence-corrected chi connectivity index (χ4v) is 4.10. The number of esters is 2. The minimum atomic E-state index is -1.20. The van der Waals surface area contributed by atoms with Crippen molar-refractivity contribution in [3.05, 3.63) is 18.1 Å². The number of hydrogen-bond acceptors (Lipinski definition) is 12. The molecule has 3 heterocycles. The van der Waals surface area contributed by atoms with Gasteiger partial charge in [0.15, 0.2) is 18.4 Å². The Labute approximate surface area is 275 Å². The van der Waals surface area contributed by atoms with Crippen LogP contribution in [0.1, 0.15) is 59.8 Å². The first-order valence-corrected chi connectivity index (χ1v) is 12.3. The molecule has 15 heteroatoms. The molecule has 1 aliphatic rings. The Hall–Kier alpha value is -1.83. The fraction of sp³-hybridized carbons (Fsp3) is 0.583. The van der Waals surface area contributed by atoms with Crippen LogP contribution >= 0.6 is 0 Å². The average molecular weight is 618 g/mol. The Bertz CT molecular complexity index is 1190. The number of hydrazine groups is 1. The topological polar surface area (TPSA) is 207 Å². The van der Waals surface area contributed by atoms with Crippen molar-refractivity contribution >= 4 is 34.7 Å². The van der Waals surface area contributed by atoms with Gasteiger partial charge in [-0.25, -0.2) is 15.4 Å². The number of nitriles is 1. The van der Waals surface area contributed by atoms with E-state index in [2.05, 4.69) is 20.7 Å². The van der Waals surface area contributed by atoms with E-state index >= 15 is 0 Å². The Kier molecular flexibility index (Phi) is 14.8. The maximum atomic E-state index is 12.9. The van der Waals surface area contributed by atoms with Gasteiger partial charge in [-0.1, -0.05) is 34.1 Å². The van der Waals surface area contributed by atoms with Crippen molar-refractivity contribution in [3.8, 4) is 6.07 Å². The molecule has 0 saturated carbocycles. The molecule has 6 unspecified atom stereocenters. The number of anilines is 1. The number of hydrogen-bond donors (Lipinski definition) is 3. The summed E-state index contributed by atoms with van der Waals surface area (Å²) in [6, 6.07) is 1.31. The van der Waals surface area contributed by atoms with Crippen molar-refractivity contribution in [2.24, 2.45) is 11.8 Å². The van der Waals surface area contributed by atoms with E-state index in [9.17, 15) is 24.8 Å². The Balaban J connectivity index is 0.00000248. The van der Waals surface area contributed by atoms with E-state index in [0.717, 1.165) is 13.8 Å². The number of ether oxygens (including phenoxy) is 3. The van der Waals surface area contributed by atoms with Crippen molar-refractivity contribution in [1.29, 1.82) is 5.26 Å². The number of nitrogens with one attached hydrogen (secondary N) is 2. The molecular formula is C24H34N7O7Rb. The summed E-state index contributed by atoms with van der Waals surface area (Å²) in [6.07, 6.45) is -1.42. The summed E-state index contributed by atoms with van der Waals surface area (Å²) in [5.74, 6) is 3.70. The van der Waals surface area contributed by atoms with Crippen LogP contribution in [0.4, 0.5) is 5.82 Å². The van der Waals surface area contributed by atoms with Crippen LogP contribution in [0.15, 0.2) is 12.5 Å². The van der Waals surface area contributed by atoms with Crippen LogP contribution < -0.4 is 79.9 Å². The Morgan fingerprint density at radius 3 is 2.36 bits per heavy atom. The maximum absolute atomic E-state index is 12.9. The van der Waals surface area contributed by atoms with Gasteiger partial charge in [0.2, 0.25) is 5.91 Å². The van der Waals surface area contributed by atoms with Gasteiger partial charge in [0.25, 0.3) is 0 Å². The van der Waals surface area contributed by atoms with E-state index in [-0.39, 0.29) is 86.5 Å².